The van der Waals surface area contributed by atoms with Crippen LogP contribution >= 0.6 is 11.6 Å². The lowest BCUT2D eigenvalue weighted by Gasteiger charge is -2.35. The summed E-state index contributed by atoms with van der Waals surface area (Å²) >= 11 is 6.13. The first-order valence-electron chi connectivity index (χ1n) is 6.94. The van der Waals surface area contributed by atoms with Gasteiger partial charge in [-0.1, -0.05) is 23.7 Å². The fraction of sp³-hybridized carbons (Fsp3) is 0.235. The topological polar surface area (TPSA) is 20.3 Å². The van der Waals surface area contributed by atoms with Crippen LogP contribution in [0.2, 0.25) is 5.02 Å². The van der Waals surface area contributed by atoms with E-state index >= 15 is 0 Å². The minimum atomic E-state index is -0.270. The van der Waals surface area contributed by atoms with Crippen molar-refractivity contribution in [3.05, 3.63) is 64.4 Å². The summed E-state index contributed by atoms with van der Waals surface area (Å²) in [6.07, 6.45) is 1.59. The molecule has 108 valence electrons. The van der Waals surface area contributed by atoms with Gasteiger partial charge >= 0.3 is 0 Å². The summed E-state index contributed by atoms with van der Waals surface area (Å²) < 4.78 is 13.4. The molecule has 1 heterocycles. The Morgan fingerprint density at radius 2 is 2.05 bits per heavy atom. The van der Waals surface area contributed by atoms with Gasteiger partial charge in [0.2, 0.25) is 0 Å². The van der Waals surface area contributed by atoms with Crippen molar-refractivity contribution in [3.8, 4) is 0 Å². The van der Waals surface area contributed by atoms with Gasteiger partial charge in [-0.2, -0.15) is 0 Å². The predicted molar refractivity (Wildman–Crippen MR) is 82.4 cm³/mol. The molecule has 1 aliphatic heterocycles. The SMILES string of the molecule is CC1CCc2cc(F)ccc2N1C(=O)c1ccccc1Cl. The van der Waals surface area contributed by atoms with E-state index in [2.05, 4.69) is 0 Å². The van der Waals surface area contributed by atoms with E-state index in [0.29, 0.717) is 10.6 Å². The van der Waals surface area contributed by atoms with Crippen molar-refractivity contribution < 1.29 is 9.18 Å². The number of benzene rings is 2. The molecule has 1 aliphatic rings. The molecule has 21 heavy (non-hydrogen) atoms. The number of hydrogen-bond acceptors (Lipinski definition) is 1. The monoisotopic (exact) mass is 303 g/mol. The normalized spacial score (nSPS) is 17.5. The minimum absolute atomic E-state index is 0.0618. The first-order valence-corrected chi connectivity index (χ1v) is 7.32. The zero-order valence-electron chi connectivity index (χ0n) is 11.6. The molecule has 0 saturated heterocycles. The van der Waals surface area contributed by atoms with E-state index < -0.39 is 0 Å². The van der Waals surface area contributed by atoms with E-state index in [1.54, 1.807) is 35.2 Å². The molecule has 0 fully saturated rings. The summed E-state index contributed by atoms with van der Waals surface area (Å²) in [7, 11) is 0. The highest BCUT2D eigenvalue weighted by atomic mass is 35.5. The van der Waals surface area contributed by atoms with Crippen LogP contribution in [0.1, 0.15) is 29.3 Å². The highest BCUT2D eigenvalue weighted by Gasteiger charge is 2.30. The Morgan fingerprint density at radius 3 is 2.81 bits per heavy atom. The van der Waals surface area contributed by atoms with Crippen LogP contribution < -0.4 is 4.90 Å². The van der Waals surface area contributed by atoms with Crippen molar-refractivity contribution in [3.63, 3.8) is 0 Å². The molecule has 0 aromatic heterocycles. The number of nitrogens with zero attached hydrogens (tertiary/aromatic N) is 1. The van der Waals surface area contributed by atoms with Crippen LogP contribution in [-0.4, -0.2) is 11.9 Å². The number of hydrogen-bond donors (Lipinski definition) is 0. The van der Waals surface area contributed by atoms with E-state index in [-0.39, 0.29) is 17.8 Å². The molecule has 4 heteroatoms. The second-order valence-corrected chi connectivity index (χ2v) is 5.72. The van der Waals surface area contributed by atoms with Crippen molar-refractivity contribution in [2.75, 3.05) is 4.90 Å². The number of amides is 1. The number of fused-ring (bicyclic) bond motifs is 1. The van der Waals surface area contributed by atoms with Gasteiger partial charge in [-0.15, -0.1) is 0 Å². The Hall–Kier alpha value is -1.87. The molecule has 0 spiro atoms. The van der Waals surface area contributed by atoms with Crippen molar-refractivity contribution in [2.24, 2.45) is 0 Å². The fourth-order valence-electron chi connectivity index (χ4n) is 2.79. The summed E-state index contributed by atoms with van der Waals surface area (Å²) in [6.45, 7) is 2.00. The number of anilines is 1. The average molecular weight is 304 g/mol. The molecule has 3 rings (SSSR count). The van der Waals surface area contributed by atoms with Gasteiger partial charge in [-0.05, 0) is 55.7 Å². The first-order chi connectivity index (χ1) is 10.1. The molecule has 1 unspecified atom stereocenters. The molecule has 1 atom stereocenters. The largest absolute Gasteiger partial charge is 0.305 e. The van der Waals surface area contributed by atoms with Gasteiger partial charge in [0.25, 0.3) is 5.91 Å². The highest BCUT2D eigenvalue weighted by molar-refractivity contribution is 6.34. The molecule has 0 saturated carbocycles. The van der Waals surface area contributed by atoms with E-state index in [1.807, 2.05) is 6.92 Å². The van der Waals surface area contributed by atoms with Gasteiger partial charge < -0.3 is 4.90 Å². The molecule has 0 radical (unpaired) electrons. The third-order valence-corrected chi connectivity index (χ3v) is 4.23. The third kappa shape index (κ3) is 2.54. The van der Waals surface area contributed by atoms with Crippen molar-refractivity contribution in [1.29, 1.82) is 0 Å². The number of halogens is 2. The molecular formula is C17H15ClFNO. The standard InChI is InChI=1S/C17H15ClFNO/c1-11-6-7-12-10-13(19)8-9-16(12)20(11)17(21)14-4-2-3-5-15(14)18/h2-5,8-11H,6-7H2,1H3. The van der Waals surface area contributed by atoms with Gasteiger partial charge in [0, 0.05) is 11.7 Å². The molecule has 2 nitrogen and oxygen atoms in total. The Bertz CT molecular complexity index is 701. The maximum Gasteiger partial charge on any atom is 0.260 e. The lowest BCUT2D eigenvalue weighted by atomic mass is 9.95. The quantitative estimate of drug-likeness (QED) is 0.761. The summed E-state index contributed by atoms with van der Waals surface area (Å²) in [5, 5.41) is 0.434. The lowest BCUT2D eigenvalue weighted by molar-refractivity contribution is 0.0975. The van der Waals surface area contributed by atoms with E-state index in [0.717, 1.165) is 24.1 Å². The van der Waals surface area contributed by atoms with Gasteiger partial charge in [0.1, 0.15) is 5.82 Å². The molecule has 2 aromatic rings. The van der Waals surface area contributed by atoms with Crippen molar-refractivity contribution in [1.82, 2.24) is 0 Å². The molecular weight excluding hydrogens is 289 g/mol. The molecule has 0 aliphatic carbocycles. The predicted octanol–water partition coefficient (Wildman–Crippen LogP) is 4.46. The van der Waals surface area contributed by atoms with Crippen LogP contribution in [0, 0.1) is 5.82 Å². The maximum absolute atomic E-state index is 13.4. The molecule has 1 amide bonds. The summed E-state index contributed by atoms with van der Waals surface area (Å²) in [4.78, 5) is 14.5. The second-order valence-electron chi connectivity index (χ2n) is 5.32. The van der Waals surface area contributed by atoms with Crippen LogP contribution in [0.15, 0.2) is 42.5 Å². The maximum atomic E-state index is 13.4. The molecule has 0 bridgehead atoms. The zero-order chi connectivity index (χ0) is 15.0. The Morgan fingerprint density at radius 1 is 1.29 bits per heavy atom. The van der Waals surface area contributed by atoms with Crippen LogP contribution in [0.4, 0.5) is 10.1 Å². The number of rotatable bonds is 1. The fourth-order valence-corrected chi connectivity index (χ4v) is 3.01. The third-order valence-electron chi connectivity index (χ3n) is 3.90. The lowest BCUT2D eigenvalue weighted by Crippen LogP contribution is -2.42. The Balaban J connectivity index is 2.06. The van der Waals surface area contributed by atoms with Crippen molar-refractivity contribution >= 4 is 23.2 Å². The van der Waals surface area contributed by atoms with Crippen LogP contribution in [0.5, 0.6) is 0 Å². The summed E-state index contributed by atoms with van der Waals surface area (Å²) in [6, 6.07) is 11.6. The number of carbonyl (C=O) groups is 1. The van der Waals surface area contributed by atoms with E-state index in [1.165, 1.54) is 12.1 Å². The Kier molecular flexibility index (Phi) is 3.68. The highest BCUT2D eigenvalue weighted by Crippen LogP contribution is 2.33. The Labute approximate surface area is 128 Å². The molecule has 0 N–H and O–H groups in total. The van der Waals surface area contributed by atoms with Gasteiger partial charge in [-0.25, -0.2) is 4.39 Å². The zero-order valence-corrected chi connectivity index (χ0v) is 12.4. The number of aryl methyl sites for hydroxylation is 1. The van der Waals surface area contributed by atoms with Crippen LogP contribution in [0.3, 0.4) is 0 Å². The summed E-state index contributed by atoms with van der Waals surface area (Å²) in [5.41, 5.74) is 2.12. The average Bonchev–Trinajstić information content (AvgIpc) is 2.47. The molecule has 2 aromatic carbocycles. The minimum Gasteiger partial charge on any atom is -0.305 e. The van der Waals surface area contributed by atoms with E-state index in [4.69, 9.17) is 11.6 Å². The summed E-state index contributed by atoms with van der Waals surface area (Å²) in [5.74, 6) is -0.408. The van der Waals surface area contributed by atoms with Crippen LogP contribution in [-0.2, 0) is 6.42 Å². The first kappa shape index (κ1) is 14.1. The van der Waals surface area contributed by atoms with Gasteiger partial charge in [-0.3, -0.25) is 4.79 Å². The van der Waals surface area contributed by atoms with Crippen molar-refractivity contribution in [2.45, 2.75) is 25.8 Å². The second kappa shape index (κ2) is 5.49. The van der Waals surface area contributed by atoms with Gasteiger partial charge in [0.05, 0.1) is 10.6 Å². The van der Waals surface area contributed by atoms with Gasteiger partial charge in [0.15, 0.2) is 0 Å². The number of carbonyl (C=O) groups excluding carboxylic acids is 1. The van der Waals surface area contributed by atoms with E-state index in [9.17, 15) is 9.18 Å². The van der Waals surface area contributed by atoms with Crippen LogP contribution in [0.25, 0.3) is 0 Å². The smallest absolute Gasteiger partial charge is 0.260 e.